The first-order valence-corrected chi connectivity index (χ1v) is 6.96. The first-order valence-electron chi connectivity index (χ1n) is 6.96. The summed E-state index contributed by atoms with van der Waals surface area (Å²) in [5.41, 5.74) is 0.915. The molecule has 0 aliphatic heterocycles. The number of aromatic nitrogens is 2. The standard InChI is InChI=1S/C16H12F3N3O2/c17-13-8-10(15-20-21-16(24-15)14(18)19)6-7-11(13)9-22(23)12-4-2-1-3-5-12/h1-8,14,23H,9H2. The Kier molecular flexibility index (Phi) is 4.48. The summed E-state index contributed by atoms with van der Waals surface area (Å²) < 4.78 is 43.9. The monoisotopic (exact) mass is 335 g/mol. The molecule has 0 saturated carbocycles. The van der Waals surface area contributed by atoms with Gasteiger partial charge in [-0.25, -0.2) is 4.39 Å². The van der Waals surface area contributed by atoms with Crippen molar-refractivity contribution >= 4 is 5.69 Å². The molecule has 124 valence electrons. The highest BCUT2D eigenvalue weighted by molar-refractivity contribution is 5.54. The second-order valence-electron chi connectivity index (χ2n) is 4.95. The van der Waals surface area contributed by atoms with Crippen molar-refractivity contribution in [1.82, 2.24) is 10.2 Å². The Morgan fingerprint density at radius 2 is 1.83 bits per heavy atom. The molecule has 0 aliphatic rings. The van der Waals surface area contributed by atoms with Gasteiger partial charge in [-0.2, -0.15) is 8.78 Å². The maximum absolute atomic E-state index is 14.2. The second kappa shape index (κ2) is 6.71. The Balaban J connectivity index is 1.79. The highest BCUT2D eigenvalue weighted by Gasteiger charge is 2.18. The number of halogens is 3. The van der Waals surface area contributed by atoms with Gasteiger partial charge in [-0.15, -0.1) is 10.2 Å². The maximum atomic E-state index is 14.2. The van der Waals surface area contributed by atoms with Crippen LogP contribution in [0.3, 0.4) is 0 Å². The lowest BCUT2D eigenvalue weighted by Crippen LogP contribution is -2.18. The van der Waals surface area contributed by atoms with Gasteiger partial charge in [0, 0.05) is 11.1 Å². The molecule has 2 aromatic carbocycles. The Hall–Kier alpha value is -2.87. The minimum absolute atomic E-state index is 0.0811. The number of alkyl halides is 2. The number of hydrogen-bond acceptors (Lipinski definition) is 5. The van der Waals surface area contributed by atoms with Crippen LogP contribution in [-0.4, -0.2) is 15.4 Å². The van der Waals surface area contributed by atoms with E-state index in [9.17, 15) is 18.4 Å². The molecular weight excluding hydrogens is 323 g/mol. The summed E-state index contributed by atoms with van der Waals surface area (Å²) in [6.07, 6.45) is -2.89. The molecule has 0 saturated heterocycles. The Morgan fingerprint density at radius 1 is 1.08 bits per heavy atom. The summed E-state index contributed by atoms with van der Waals surface area (Å²) in [4.78, 5) is 0. The Bertz CT molecular complexity index is 824. The van der Waals surface area contributed by atoms with E-state index in [-0.39, 0.29) is 23.6 Å². The van der Waals surface area contributed by atoms with Gasteiger partial charge in [-0.3, -0.25) is 10.3 Å². The number of benzene rings is 2. The van der Waals surface area contributed by atoms with Crippen molar-refractivity contribution in [2.45, 2.75) is 13.0 Å². The summed E-state index contributed by atoms with van der Waals surface area (Å²) in [5, 5.41) is 17.6. The van der Waals surface area contributed by atoms with E-state index in [4.69, 9.17) is 4.42 Å². The molecule has 24 heavy (non-hydrogen) atoms. The van der Waals surface area contributed by atoms with Crippen molar-refractivity contribution in [3.63, 3.8) is 0 Å². The molecule has 0 atom stereocenters. The largest absolute Gasteiger partial charge is 0.415 e. The van der Waals surface area contributed by atoms with Crippen LogP contribution in [0.25, 0.3) is 11.5 Å². The molecule has 3 rings (SSSR count). The van der Waals surface area contributed by atoms with Crippen LogP contribution < -0.4 is 5.06 Å². The van der Waals surface area contributed by atoms with Gasteiger partial charge >= 0.3 is 6.43 Å². The first-order chi connectivity index (χ1) is 11.5. The van der Waals surface area contributed by atoms with Crippen LogP contribution in [0, 0.1) is 5.82 Å². The number of para-hydroxylation sites is 1. The van der Waals surface area contributed by atoms with Crippen LogP contribution in [0.15, 0.2) is 52.9 Å². The van der Waals surface area contributed by atoms with Gasteiger partial charge in [0.05, 0.1) is 12.2 Å². The van der Waals surface area contributed by atoms with Crippen LogP contribution in [0.5, 0.6) is 0 Å². The van der Waals surface area contributed by atoms with Gasteiger partial charge in [-0.05, 0) is 24.3 Å². The fourth-order valence-corrected chi connectivity index (χ4v) is 2.10. The summed E-state index contributed by atoms with van der Waals surface area (Å²) in [6, 6.07) is 12.6. The van der Waals surface area contributed by atoms with Gasteiger partial charge in [0.1, 0.15) is 5.82 Å². The lowest BCUT2D eigenvalue weighted by Gasteiger charge is -2.17. The van der Waals surface area contributed by atoms with Crippen LogP contribution in [0.1, 0.15) is 17.9 Å². The molecule has 0 bridgehead atoms. The topological polar surface area (TPSA) is 62.4 Å². The van der Waals surface area contributed by atoms with Crippen molar-refractivity contribution in [3.8, 4) is 11.5 Å². The predicted octanol–water partition coefficient (Wildman–Crippen LogP) is 4.21. The summed E-state index contributed by atoms with van der Waals surface area (Å²) in [6.45, 7) is -0.0811. The predicted molar refractivity (Wildman–Crippen MR) is 79.1 cm³/mol. The molecule has 0 spiro atoms. The molecule has 1 heterocycles. The van der Waals surface area contributed by atoms with Crippen molar-refractivity contribution < 1.29 is 22.8 Å². The van der Waals surface area contributed by atoms with E-state index >= 15 is 0 Å². The molecule has 1 aromatic heterocycles. The quantitative estimate of drug-likeness (QED) is 0.708. The average Bonchev–Trinajstić information content (AvgIpc) is 3.08. The van der Waals surface area contributed by atoms with E-state index in [1.807, 2.05) is 0 Å². The minimum atomic E-state index is -2.89. The molecule has 0 fully saturated rings. The fraction of sp³-hybridized carbons (Fsp3) is 0.125. The molecule has 8 heteroatoms. The molecular formula is C16H12F3N3O2. The van der Waals surface area contributed by atoms with Gasteiger partial charge in [0.25, 0.3) is 5.89 Å². The van der Waals surface area contributed by atoms with Crippen LogP contribution >= 0.6 is 0 Å². The molecule has 0 amide bonds. The lowest BCUT2D eigenvalue weighted by molar-refractivity contribution is 0.116. The second-order valence-corrected chi connectivity index (χ2v) is 4.95. The SMILES string of the molecule is ON(Cc1ccc(-c2nnc(C(F)F)o2)cc1F)c1ccccc1. The van der Waals surface area contributed by atoms with E-state index in [2.05, 4.69) is 10.2 Å². The van der Waals surface area contributed by atoms with E-state index in [0.29, 0.717) is 5.69 Å². The van der Waals surface area contributed by atoms with Gasteiger partial charge < -0.3 is 4.42 Å². The summed E-state index contributed by atoms with van der Waals surface area (Å²) in [7, 11) is 0. The Labute approximate surface area is 134 Å². The zero-order valence-corrected chi connectivity index (χ0v) is 12.2. The number of rotatable bonds is 5. The van der Waals surface area contributed by atoms with Crippen molar-refractivity contribution in [2.24, 2.45) is 0 Å². The van der Waals surface area contributed by atoms with E-state index in [0.717, 1.165) is 11.1 Å². The van der Waals surface area contributed by atoms with Crippen LogP contribution in [0.4, 0.5) is 18.9 Å². The maximum Gasteiger partial charge on any atom is 0.314 e. The molecule has 0 aliphatic carbocycles. The molecule has 0 unspecified atom stereocenters. The zero-order chi connectivity index (χ0) is 17.1. The highest BCUT2D eigenvalue weighted by Crippen LogP contribution is 2.25. The Morgan fingerprint density at radius 3 is 2.46 bits per heavy atom. The van der Waals surface area contributed by atoms with Crippen LogP contribution in [0.2, 0.25) is 0 Å². The van der Waals surface area contributed by atoms with E-state index in [1.165, 1.54) is 12.1 Å². The normalized spacial score (nSPS) is 11.0. The highest BCUT2D eigenvalue weighted by atomic mass is 19.3. The van der Waals surface area contributed by atoms with Crippen LogP contribution in [-0.2, 0) is 6.54 Å². The average molecular weight is 335 g/mol. The van der Waals surface area contributed by atoms with Gasteiger partial charge in [0.2, 0.25) is 5.89 Å². The summed E-state index contributed by atoms with van der Waals surface area (Å²) in [5.74, 6) is -1.64. The summed E-state index contributed by atoms with van der Waals surface area (Å²) >= 11 is 0. The third-order valence-electron chi connectivity index (χ3n) is 3.30. The number of hydrogen-bond donors (Lipinski definition) is 1. The van der Waals surface area contributed by atoms with Gasteiger partial charge in [0.15, 0.2) is 0 Å². The van der Waals surface area contributed by atoms with Crippen molar-refractivity contribution in [1.29, 1.82) is 0 Å². The van der Waals surface area contributed by atoms with E-state index in [1.54, 1.807) is 30.3 Å². The van der Waals surface area contributed by atoms with Crippen molar-refractivity contribution in [3.05, 3.63) is 65.8 Å². The molecule has 5 nitrogen and oxygen atoms in total. The minimum Gasteiger partial charge on any atom is -0.415 e. The number of hydroxylamine groups is 1. The third kappa shape index (κ3) is 3.38. The van der Waals surface area contributed by atoms with E-state index < -0.39 is 18.1 Å². The third-order valence-corrected chi connectivity index (χ3v) is 3.30. The molecule has 3 aromatic rings. The smallest absolute Gasteiger partial charge is 0.314 e. The van der Waals surface area contributed by atoms with Crippen molar-refractivity contribution in [2.75, 3.05) is 5.06 Å². The number of nitrogens with zero attached hydrogens (tertiary/aromatic N) is 3. The zero-order valence-electron chi connectivity index (χ0n) is 12.2. The fourth-order valence-electron chi connectivity index (χ4n) is 2.10. The molecule has 0 radical (unpaired) electrons. The molecule has 1 N–H and O–H groups in total. The number of anilines is 1. The lowest BCUT2D eigenvalue weighted by atomic mass is 10.1. The van der Waals surface area contributed by atoms with Gasteiger partial charge in [-0.1, -0.05) is 24.3 Å². The first kappa shape index (κ1) is 16.0.